The Balaban J connectivity index is 2.04. The van der Waals surface area contributed by atoms with Crippen LogP contribution >= 0.6 is 11.8 Å². The molecule has 19 heavy (non-hydrogen) atoms. The molecule has 0 spiro atoms. The molecule has 3 atom stereocenters. The Morgan fingerprint density at radius 2 is 2.05 bits per heavy atom. The Morgan fingerprint density at radius 1 is 1.26 bits per heavy atom. The lowest BCUT2D eigenvalue weighted by molar-refractivity contribution is 0.153. The molecule has 0 aromatic carbocycles. The van der Waals surface area contributed by atoms with Crippen LogP contribution in [0.5, 0.6) is 0 Å². The van der Waals surface area contributed by atoms with E-state index in [-0.39, 0.29) is 18.7 Å². The van der Waals surface area contributed by atoms with Crippen LogP contribution < -0.4 is 4.72 Å². The minimum Gasteiger partial charge on any atom is -0.395 e. The number of hydrogen-bond acceptors (Lipinski definition) is 4. The number of hydrogen-bond donors (Lipinski definition) is 2. The highest BCUT2D eigenvalue weighted by atomic mass is 32.2. The first-order valence-corrected chi connectivity index (χ1v) is 9.74. The molecule has 1 saturated heterocycles. The van der Waals surface area contributed by atoms with E-state index in [1.54, 1.807) is 11.8 Å². The molecule has 0 aromatic rings. The van der Waals surface area contributed by atoms with Crippen LogP contribution in [-0.2, 0) is 10.2 Å². The SMILES string of the molecule is CSC1CCCC1NS(=O)(=O)N1CCCCC1CO. The van der Waals surface area contributed by atoms with Gasteiger partial charge in [-0.05, 0) is 31.9 Å². The normalized spacial score (nSPS) is 33.7. The second-order valence-corrected chi connectivity index (χ2v) is 8.11. The van der Waals surface area contributed by atoms with Crippen LogP contribution in [0, 0.1) is 0 Å². The lowest BCUT2D eigenvalue weighted by atomic mass is 10.1. The highest BCUT2D eigenvalue weighted by Gasteiger charge is 2.36. The molecule has 0 bridgehead atoms. The zero-order valence-corrected chi connectivity index (χ0v) is 13.0. The highest BCUT2D eigenvalue weighted by Crippen LogP contribution is 2.29. The van der Waals surface area contributed by atoms with E-state index in [0.29, 0.717) is 11.8 Å². The van der Waals surface area contributed by atoms with Gasteiger partial charge < -0.3 is 5.11 Å². The number of piperidine rings is 1. The summed E-state index contributed by atoms with van der Waals surface area (Å²) in [4.78, 5) is 0. The predicted octanol–water partition coefficient (Wildman–Crippen LogP) is 0.952. The maximum absolute atomic E-state index is 12.5. The van der Waals surface area contributed by atoms with E-state index in [1.165, 1.54) is 4.31 Å². The molecular weight excluding hydrogens is 284 g/mol. The molecule has 1 heterocycles. The number of thioether (sulfide) groups is 1. The van der Waals surface area contributed by atoms with Gasteiger partial charge in [-0.3, -0.25) is 0 Å². The molecule has 112 valence electrons. The van der Waals surface area contributed by atoms with Crippen molar-refractivity contribution in [3.63, 3.8) is 0 Å². The fraction of sp³-hybridized carbons (Fsp3) is 1.00. The van der Waals surface area contributed by atoms with Crippen LogP contribution in [0.3, 0.4) is 0 Å². The number of nitrogens with zero attached hydrogens (tertiary/aromatic N) is 1. The van der Waals surface area contributed by atoms with E-state index in [4.69, 9.17) is 0 Å². The molecule has 2 aliphatic rings. The molecule has 2 fully saturated rings. The van der Waals surface area contributed by atoms with Gasteiger partial charge in [0.05, 0.1) is 6.61 Å². The fourth-order valence-electron chi connectivity index (χ4n) is 3.07. The van der Waals surface area contributed by atoms with Crippen molar-refractivity contribution in [3.8, 4) is 0 Å². The monoisotopic (exact) mass is 308 g/mol. The largest absolute Gasteiger partial charge is 0.395 e. The lowest BCUT2D eigenvalue weighted by Gasteiger charge is -2.34. The van der Waals surface area contributed by atoms with Crippen LogP contribution in [0.4, 0.5) is 0 Å². The van der Waals surface area contributed by atoms with Crippen molar-refractivity contribution in [1.82, 2.24) is 9.03 Å². The summed E-state index contributed by atoms with van der Waals surface area (Å²) >= 11 is 1.74. The van der Waals surface area contributed by atoms with Crippen molar-refractivity contribution >= 4 is 22.0 Å². The van der Waals surface area contributed by atoms with E-state index in [2.05, 4.69) is 4.72 Å². The fourth-order valence-corrected chi connectivity index (χ4v) is 5.83. The molecule has 2 N–H and O–H groups in total. The van der Waals surface area contributed by atoms with Crippen LogP contribution in [0.15, 0.2) is 0 Å². The molecule has 5 nitrogen and oxygen atoms in total. The van der Waals surface area contributed by atoms with Gasteiger partial charge in [-0.2, -0.15) is 29.2 Å². The topological polar surface area (TPSA) is 69.6 Å². The average Bonchev–Trinajstić information content (AvgIpc) is 2.85. The van der Waals surface area contributed by atoms with Gasteiger partial charge in [-0.25, -0.2) is 0 Å². The second kappa shape index (κ2) is 6.76. The van der Waals surface area contributed by atoms with Gasteiger partial charge >= 0.3 is 0 Å². The molecule has 7 heteroatoms. The maximum atomic E-state index is 12.5. The van der Waals surface area contributed by atoms with Crippen molar-refractivity contribution in [3.05, 3.63) is 0 Å². The second-order valence-electron chi connectivity index (χ2n) is 5.38. The van der Waals surface area contributed by atoms with Gasteiger partial charge in [0, 0.05) is 23.9 Å². The van der Waals surface area contributed by atoms with Crippen molar-refractivity contribution in [2.45, 2.75) is 55.9 Å². The van der Waals surface area contributed by atoms with Crippen molar-refractivity contribution in [2.24, 2.45) is 0 Å². The van der Waals surface area contributed by atoms with E-state index in [0.717, 1.165) is 38.5 Å². The molecule has 0 amide bonds. The van der Waals surface area contributed by atoms with E-state index >= 15 is 0 Å². The van der Waals surface area contributed by atoms with Crippen molar-refractivity contribution in [2.75, 3.05) is 19.4 Å². The molecule has 2 rings (SSSR count). The van der Waals surface area contributed by atoms with Gasteiger partial charge in [-0.15, -0.1) is 0 Å². The molecular formula is C12H24N2O3S2. The Labute approximate surface area is 120 Å². The summed E-state index contributed by atoms with van der Waals surface area (Å²) < 4.78 is 29.3. The molecule has 1 aliphatic carbocycles. The van der Waals surface area contributed by atoms with Crippen molar-refractivity contribution < 1.29 is 13.5 Å². The Kier molecular flexibility index (Phi) is 5.54. The van der Waals surface area contributed by atoms with Gasteiger partial charge in [0.15, 0.2) is 0 Å². The molecule has 0 aromatic heterocycles. The number of nitrogens with one attached hydrogen (secondary N) is 1. The van der Waals surface area contributed by atoms with Crippen molar-refractivity contribution in [1.29, 1.82) is 0 Å². The van der Waals surface area contributed by atoms with Gasteiger partial charge in [0.2, 0.25) is 0 Å². The first-order chi connectivity index (χ1) is 9.08. The minimum atomic E-state index is -3.46. The number of aliphatic hydroxyl groups excluding tert-OH is 1. The summed E-state index contributed by atoms with van der Waals surface area (Å²) in [6.07, 6.45) is 7.76. The standard InChI is InChI=1S/C12H24N2O3S2/c1-18-12-7-4-6-11(12)13-19(16,17)14-8-3-2-5-10(14)9-15/h10-13,15H,2-9H2,1H3. The zero-order chi connectivity index (χ0) is 13.9. The summed E-state index contributed by atoms with van der Waals surface area (Å²) in [5.74, 6) is 0. The molecule has 1 aliphatic heterocycles. The molecule has 1 saturated carbocycles. The maximum Gasteiger partial charge on any atom is 0.280 e. The third-order valence-electron chi connectivity index (χ3n) is 4.15. The minimum absolute atomic E-state index is 0.0428. The Morgan fingerprint density at radius 3 is 2.74 bits per heavy atom. The van der Waals surface area contributed by atoms with E-state index < -0.39 is 10.2 Å². The summed E-state index contributed by atoms with van der Waals surface area (Å²) in [5, 5.41) is 9.73. The highest BCUT2D eigenvalue weighted by molar-refractivity contribution is 7.99. The number of rotatable bonds is 5. The van der Waals surface area contributed by atoms with Gasteiger partial charge in [0.25, 0.3) is 10.2 Å². The average molecular weight is 308 g/mol. The van der Waals surface area contributed by atoms with Gasteiger partial charge in [0.1, 0.15) is 0 Å². The van der Waals surface area contributed by atoms with Crippen LogP contribution in [0.2, 0.25) is 0 Å². The van der Waals surface area contributed by atoms with Crippen LogP contribution in [0.1, 0.15) is 38.5 Å². The van der Waals surface area contributed by atoms with E-state index in [1.807, 2.05) is 6.26 Å². The summed E-state index contributed by atoms with van der Waals surface area (Å²) in [7, 11) is -3.46. The third kappa shape index (κ3) is 3.64. The molecule has 0 radical (unpaired) electrons. The van der Waals surface area contributed by atoms with E-state index in [9.17, 15) is 13.5 Å². The summed E-state index contributed by atoms with van der Waals surface area (Å²) in [6.45, 7) is 0.439. The Hall–Kier alpha value is 0.180. The zero-order valence-electron chi connectivity index (χ0n) is 11.4. The smallest absolute Gasteiger partial charge is 0.280 e. The Bertz CT molecular complexity index is 388. The van der Waals surface area contributed by atoms with Crippen LogP contribution in [0.25, 0.3) is 0 Å². The molecule has 3 unspecified atom stereocenters. The lowest BCUT2D eigenvalue weighted by Crippen LogP contribution is -2.53. The quantitative estimate of drug-likeness (QED) is 0.793. The summed E-state index contributed by atoms with van der Waals surface area (Å²) in [6, 6.07) is -0.207. The first-order valence-electron chi connectivity index (χ1n) is 7.01. The predicted molar refractivity (Wildman–Crippen MR) is 78.4 cm³/mol. The van der Waals surface area contributed by atoms with Gasteiger partial charge in [-0.1, -0.05) is 12.8 Å². The number of aliphatic hydroxyl groups is 1. The summed E-state index contributed by atoms with van der Waals surface area (Å²) in [5.41, 5.74) is 0. The first kappa shape index (κ1) is 15.6. The van der Waals surface area contributed by atoms with Crippen LogP contribution in [-0.4, -0.2) is 54.6 Å². The third-order valence-corrected chi connectivity index (χ3v) is 7.02.